The first kappa shape index (κ1) is 15.0. The van der Waals surface area contributed by atoms with Gasteiger partial charge in [0.15, 0.2) is 0 Å². The number of rotatable bonds is 6. The van der Waals surface area contributed by atoms with Gasteiger partial charge in [0.1, 0.15) is 12.4 Å². The predicted molar refractivity (Wildman–Crippen MR) is 76.0 cm³/mol. The minimum atomic E-state index is -0.507. The van der Waals surface area contributed by atoms with Crippen molar-refractivity contribution in [3.8, 4) is 5.75 Å². The molecular formula is C14H17N3O4. The summed E-state index contributed by atoms with van der Waals surface area (Å²) < 4.78 is 7.40. The molecule has 21 heavy (non-hydrogen) atoms. The fraction of sp³-hybridized carbons (Fsp3) is 0.357. The molecule has 2 aromatic rings. The monoisotopic (exact) mass is 291 g/mol. The Morgan fingerprint density at radius 3 is 2.76 bits per heavy atom. The van der Waals surface area contributed by atoms with Crippen LogP contribution >= 0.6 is 0 Å². The van der Waals surface area contributed by atoms with Crippen LogP contribution in [-0.4, -0.2) is 19.8 Å². The molecule has 1 N–H and O–H groups in total. The fourth-order valence-corrected chi connectivity index (χ4v) is 1.84. The molecule has 1 aromatic heterocycles. The van der Waals surface area contributed by atoms with Gasteiger partial charge in [-0.3, -0.25) is 14.8 Å². The van der Waals surface area contributed by atoms with Crippen molar-refractivity contribution in [3.05, 3.63) is 51.8 Å². The van der Waals surface area contributed by atoms with Crippen molar-refractivity contribution in [2.75, 3.05) is 0 Å². The van der Waals surface area contributed by atoms with Gasteiger partial charge >= 0.3 is 0 Å². The molecule has 0 bridgehead atoms. The lowest BCUT2D eigenvalue weighted by atomic mass is 10.2. The second kappa shape index (κ2) is 6.36. The van der Waals surface area contributed by atoms with E-state index in [2.05, 4.69) is 5.10 Å². The van der Waals surface area contributed by atoms with E-state index >= 15 is 0 Å². The van der Waals surface area contributed by atoms with Crippen molar-refractivity contribution in [1.29, 1.82) is 0 Å². The number of hydrogen-bond donors (Lipinski definition) is 1. The number of aliphatic hydroxyl groups excluding tert-OH is 1. The highest BCUT2D eigenvalue weighted by Crippen LogP contribution is 2.25. The van der Waals surface area contributed by atoms with Gasteiger partial charge in [0, 0.05) is 29.9 Å². The van der Waals surface area contributed by atoms with Crippen LogP contribution in [-0.2, 0) is 13.2 Å². The van der Waals surface area contributed by atoms with Crippen LogP contribution in [0.25, 0.3) is 0 Å². The summed E-state index contributed by atoms with van der Waals surface area (Å²) in [5, 5.41) is 24.3. The van der Waals surface area contributed by atoms with E-state index in [1.165, 1.54) is 18.2 Å². The van der Waals surface area contributed by atoms with Gasteiger partial charge in [0.05, 0.1) is 17.2 Å². The maximum absolute atomic E-state index is 10.7. The Hall–Kier alpha value is -2.41. The minimum absolute atomic E-state index is 0.0736. The summed E-state index contributed by atoms with van der Waals surface area (Å²) in [6.07, 6.45) is 1.87. The number of nitro benzene ring substituents is 1. The van der Waals surface area contributed by atoms with Gasteiger partial charge in [-0.15, -0.1) is 0 Å². The Balaban J connectivity index is 2.10. The predicted octanol–water partition coefficient (Wildman–Crippen LogP) is 2.44. The Morgan fingerprint density at radius 1 is 1.43 bits per heavy atom. The molecule has 0 spiro atoms. The summed E-state index contributed by atoms with van der Waals surface area (Å²) in [6.45, 7) is 3.97. The van der Waals surface area contributed by atoms with Crippen molar-refractivity contribution >= 4 is 5.69 Å². The summed E-state index contributed by atoms with van der Waals surface area (Å²) in [6, 6.07) is 6.27. The lowest BCUT2D eigenvalue weighted by molar-refractivity contribution is -0.385. The maximum atomic E-state index is 10.7. The van der Waals surface area contributed by atoms with Crippen molar-refractivity contribution in [3.63, 3.8) is 0 Å². The zero-order valence-corrected chi connectivity index (χ0v) is 11.9. The van der Waals surface area contributed by atoms with Gasteiger partial charge in [-0.2, -0.15) is 5.10 Å². The number of aromatic nitrogens is 2. The average molecular weight is 291 g/mol. The largest absolute Gasteiger partial charge is 0.487 e. The molecule has 1 aromatic carbocycles. The Bertz CT molecular complexity index is 637. The smallest absolute Gasteiger partial charge is 0.270 e. The van der Waals surface area contributed by atoms with Gasteiger partial charge in [-0.25, -0.2) is 0 Å². The van der Waals surface area contributed by atoms with Crippen molar-refractivity contribution in [2.45, 2.75) is 33.1 Å². The summed E-state index contributed by atoms with van der Waals surface area (Å²) in [5.74, 6) is 0.419. The minimum Gasteiger partial charge on any atom is -0.487 e. The van der Waals surface area contributed by atoms with E-state index in [1.54, 1.807) is 0 Å². The molecule has 0 fully saturated rings. The molecule has 1 heterocycles. The van der Waals surface area contributed by atoms with E-state index in [0.29, 0.717) is 11.3 Å². The molecule has 2 rings (SSSR count). The molecule has 0 unspecified atom stereocenters. The van der Waals surface area contributed by atoms with Gasteiger partial charge in [-0.05, 0) is 26.0 Å². The lowest BCUT2D eigenvalue weighted by Gasteiger charge is -2.09. The fourth-order valence-electron chi connectivity index (χ4n) is 1.84. The first-order valence-corrected chi connectivity index (χ1v) is 6.56. The second-order valence-corrected chi connectivity index (χ2v) is 4.88. The topological polar surface area (TPSA) is 90.4 Å². The van der Waals surface area contributed by atoms with Crippen LogP contribution < -0.4 is 4.74 Å². The Morgan fingerprint density at radius 2 is 2.19 bits per heavy atom. The lowest BCUT2D eigenvalue weighted by Crippen LogP contribution is -2.04. The third kappa shape index (κ3) is 3.57. The molecule has 0 aliphatic rings. The highest BCUT2D eigenvalue weighted by atomic mass is 16.6. The molecule has 0 saturated heterocycles. The maximum Gasteiger partial charge on any atom is 0.270 e. The van der Waals surface area contributed by atoms with Crippen LogP contribution in [0.15, 0.2) is 30.5 Å². The molecule has 7 heteroatoms. The van der Waals surface area contributed by atoms with E-state index in [0.717, 1.165) is 5.69 Å². The zero-order chi connectivity index (χ0) is 15.4. The van der Waals surface area contributed by atoms with E-state index in [-0.39, 0.29) is 24.9 Å². The first-order chi connectivity index (χ1) is 10.0. The normalized spacial score (nSPS) is 10.9. The van der Waals surface area contributed by atoms with Crippen LogP contribution in [0.1, 0.15) is 31.1 Å². The summed E-state index contributed by atoms with van der Waals surface area (Å²) in [7, 11) is 0. The summed E-state index contributed by atoms with van der Waals surface area (Å²) in [5.41, 5.74) is 1.06. The van der Waals surface area contributed by atoms with Gasteiger partial charge < -0.3 is 9.84 Å². The molecule has 7 nitrogen and oxygen atoms in total. The Labute approximate surface area is 121 Å². The number of nitrogens with zero attached hydrogens (tertiary/aromatic N) is 3. The molecule has 112 valence electrons. The molecule has 0 radical (unpaired) electrons. The average Bonchev–Trinajstić information content (AvgIpc) is 2.93. The van der Waals surface area contributed by atoms with Crippen LogP contribution in [0, 0.1) is 10.1 Å². The molecule has 0 aliphatic carbocycles. The molecular weight excluding hydrogens is 274 g/mol. The zero-order valence-electron chi connectivity index (χ0n) is 11.9. The van der Waals surface area contributed by atoms with Crippen LogP contribution in [0.3, 0.4) is 0 Å². The number of benzene rings is 1. The van der Waals surface area contributed by atoms with E-state index in [4.69, 9.17) is 4.74 Å². The SMILES string of the molecule is CC(C)n1ccc(COc2ccc([N+](=O)[O-])cc2CO)n1. The van der Waals surface area contributed by atoms with Crippen molar-refractivity contribution in [2.24, 2.45) is 0 Å². The molecule has 0 aliphatic heterocycles. The summed E-state index contributed by atoms with van der Waals surface area (Å²) in [4.78, 5) is 10.2. The number of nitro groups is 1. The van der Waals surface area contributed by atoms with E-state index in [1.807, 2.05) is 30.8 Å². The van der Waals surface area contributed by atoms with Crippen molar-refractivity contribution in [1.82, 2.24) is 9.78 Å². The molecule has 0 saturated carbocycles. The second-order valence-electron chi connectivity index (χ2n) is 4.88. The standard InChI is InChI=1S/C14H17N3O4/c1-10(2)16-6-5-12(15-16)9-21-14-4-3-13(17(19)20)7-11(14)8-18/h3-7,10,18H,8-9H2,1-2H3. The first-order valence-electron chi connectivity index (χ1n) is 6.56. The van der Waals surface area contributed by atoms with Crippen molar-refractivity contribution < 1.29 is 14.8 Å². The molecule has 0 atom stereocenters. The highest BCUT2D eigenvalue weighted by molar-refractivity contribution is 5.43. The van der Waals surface area contributed by atoms with E-state index in [9.17, 15) is 15.2 Å². The number of non-ortho nitro benzene ring substituents is 1. The van der Waals surface area contributed by atoms with Crippen LogP contribution in [0.2, 0.25) is 0 Å². The molecule has 0 amide bonds. The van der Waals surface area contributed by atoms with Gasteiger partial charge in [-0.1, -0.05) is 0 Å². The van der Waals surface area contributed by atoms with E-state index < -0.39 is 4.92 Å². The number of hydrogen-bond acceptors (Lipinski definition) is 5. The van der Waals surface area contributed by atoms with Crippen LogP contribution in [0.4, 0.5) is 5.69 Å². The van der Waals surface area contributed by atoms with Gasteiger partial charge in [0.25, 0.3) is 5.69 Å². The third-order valence-electron chi connectivity index (χ3n) is 2.99. The number of ether oxygens (including phenoxy) is 1. The van der Waals surface area contributed by atoms with Crippen LogP contribution in [0.5, 0.6) is 5.75 Å². The van der Waals surface area contributed by atoms with Gasteiger partial charge in [0.2, 0.25) is 0 Å². The Kier molecular flexibility index (Phi) is 4.54. The third-order valence-corrected chi connectivity index (χ3v) is 2.99. The highest BCUT2D eigenvalue weighted by Gasteiger charge is 2.12. The quantitative estimate of drug-likeness (QED) is 0.652. The number of aliphatic hydroxyl groups is 1. The summed E-state index contributed by atoms with van der Waals surface area (Å²) >= 11 is 0.